The summed E-state index contributed by atoms with van der Waals surface area (Å²) in [6, 6.07) is 11.3. The van der Waals surface area contributed by atoms with Crippen LogP contribution in [0.25, 0.3) is 0 Å². The van der Waals surface area contributed by atoms with E-state index in [1.165, 1.54) is 0 Å². The summed E-state index contributed by atoms with van der Waals surface area (Å²) in [6.45, 7) is 0. The standard InChI is InChI=1S/C13H9N3OS/c17-13-12(10-5-1-2-6-11(10)15-13)16-14-8-9-4-3-7-18-9/h1-8H,(H,15,16,17)/b14-8+. The number of benzene rings is 1. The molecule has 0 spiro atoms. The van der Waals surface area contributed by atoms with Gasteiger partial charge in [0.15, 0.2) is 5.71 Å². The summed E-state index contributed by atoms with van der Waals surface area (Å²) in [7, 11) is 0. The van der Waals surface area contributed by atoms with Crippen LogP contribution in [0.2, 0.25) is 0 Å². The van der Waals surface area contributed by atoms with E-state index in [1.54, 1.807) is 17.6 Å². The first-order chi connectivity index (χ1) is 8.84. The Bertz CT molecular complexity index is 644. The number of nitrogens with zero attached hydrogens (tertiary/aromatic N) is 2. The summed E-state index contributed by atoms with van der Waals surface area (Å²) in [5, 5.41) is 12.7. The van der Waals surface area contributed by atoms with Crippen molar-refractivity contribution in [3.05, 3.63) is 52.2 Å². The first-order valence-electron chi connectivity index (χ1n) is 5.40. The minimum Gasteiger partial charge on any atom is -0.320 e. The zero-order valence-corrected chi connectivity index (χ0v) is 10.1. The lowest BCUT2D eigenvalue weighted by atomic mass is 10.1. The van der Waals surface area contributed by atoms with Crippen molar-refractivity contribution in [1.29, 1.82) is 0 Å². The third-order valence-electron chi connectivity index (χ3n) is 2.53. The van der Waals surface area contributed by atoms with Crippen molar-refractivity contribution in [3.8, 4) is 0 Å². The van der Waals surface area contributed by atoms with E-state index in [0.29, 0.717) is 5.71 Å². The maximum Gasteiger partial charge on any atom is 0.276 e. The number of nitrogens with one attached hydrogen (secondary N) is 1. The van der Waals surface area contributed by atoms with Gasteiger partial charge in [-0.1, -0.05) is 24.3 Å². The molecule has 0 unspecified atom stereocenters. The third-order valence-corrected chi connectivity index (χ3v) is 3.34. The molecule has 0 fully saturated rings. The predicted octanol–water partition coefficient (Wildman–Crippen LogP) is 2.52. The molecule has 1 aromatic carbocycles. The highest BCUT2D eigenvalue weighted by Crippen LogP contribution is 2.22. The molecular formula is C13H9N3OS. The second-order valence-corrected chi connectivity index (χ2v) is 4.69. The van der Waals surface area contributed by atoms with E-state index in [2.05, 4.69) is 15.5 Å². The van der Waals surface area contributed by atoms with Gasteiger partial charge >= 0.3 is 0 Å². The Kier molecular flexibility index (Phi) is 2.74. The molecule has 0 aliphatic carbocycles. The molecule has 1 aliphatic rings. The van der Waals surface area contributed by atoms with Gasteiger partial charge in [-0.2, -0.15) is 5.10 Å². The van der Waals surface area contributed by atoms with Gasteiger partial charge in [0.1, 0.15) is 0 Å². The van der Waals surface area contributed by atoms with Crippen LogP contribution in [0.4, 0.5) is 5.69 Å². The Hall–Kier alpha value is -2.27. The fourth-order valence-corrected chi connectivity index (χ4v) is 2.29. The van der Waals surface area contributed by atoms with Gasteiger partial charge in [0.25, 0.3) is 5.91 Å². The molecule has 1 aliphatic heterocycles. The van der Waals surface area contributed by atoms with E-state index in [4.69, 9.17) is 0 Å². The van der Waals surface area contributed by atoms with Crippen molar-refractivity contribution in [3.63, 3.8) is 0 Å². The fraction of sp³-hybridized carbons (Fsp3) is 0. The van der Waals surface area contributed by atoms with Crippen LogP contribution in [0.5, 0.6) is 0 Å². The molecule has 0 saturated carbocycles. The van der Waals surface area contributed by atoms with Crippen LogP contribution in [0.15, 0.2) is 52.0 Å². The molecule has 1 aromatic heterocycles. The molecule has 0 atom stereocenters. The molecule has 5 heteroatoms. The fourth-order valence-electron chi connectivity index (χ4n) is 1.71. The SMILES string of the molecule is O=C1Nc2ccccc2/C1=N/N=C/c1cccs1. The summed E-state index contributed by atoms with van der Waals surface area (Å²) < 4.78 is 0. The van der Waals surface area contributed by atoms with Crippen molar-refractivity contribution < 1.29 is 4.79 Å². The first-order valence-corrected chi connectivity index (χ1v) is 6.28. The minimum atomic E-state index is -0.209. The van der Waals surface area contributed by atoms with E-state index in [0.717, 1.165) is 16.1 Å². The molecule has 0 saturated heterocycles. The molecule has 3 rings (SSSR count). The number of para-hydroxylation sites is 1. The van der Waals surface area contributed by atoms with Gasteiger partial charge < -0.3 is 5.32 Å². The van der Waals surface area contributed by atoms with Crippen LogP contribution < -0.4 is 5.32 Å². The number of rotatable bonds is 2. The van der Waals surface area contributed by atoms with E-state index in [9.17, 15) is 4.79 Å². The second kappa shape index (κ2) is 4.54. The summed E-state index contributed by atoms with van der Waals surface area (Å²) in [5.41, 5.74) is 1.94. The number of fused-ring (bicyclic) bond motifs is 1. The van der Waals surface area contributed by atoms with Crippen molar-refractivity contribution in [1.82, 2.24) is 0 Å². The van der Waals surface area contributed by atoms with Crippen LogP contribution in [0, 0.1) is 0 Å². The average Bonchev–Trinajstić information content (AvgIpc) is 2.98. The Balaban J connectivity index is 1.90. The van der Waals surface area contributed by atoms with Gasteiger partial charge in [-0.05, 0) is 17.5 Å². The smallest absolute Gasteiger partial charge is 0.276 e. The maximum absolute atomic E-state index is 11.7. The number of anilines is 1. The zero-order valence-electron chi connectivity index (χ0n) is 9.33. The highest BCUT2D eigenvalue weighted by atomic mass is 32.1. The molecular weight excluding hydrogens is 246 g/mol. The van der Waals surface area contributed by atoms with Gasteiger partial charge in [-0.3, -0.25) is 4.79 Å². The van der Waals surface area contributed by atoms with Crippen molar-refractivity contribution in [2.75, 3.05) is 5.32 Å². The van der Waals surface area contributed by atoms with Crippen molar-refractivity contribution in [2.45, 2.75) is 0 Å². The lowest BCUT2D eigenvalue weighted by molar-refractivity contribution is -0.110. The monoisotopic (exact) mass is 255 g/mol. The molecule has 0 bridgehead atoms. The number of hydrogen-bond donors (Lipinski definition) is 1. The van der Waals surface area contributed by atoms with Gasteiger partial charge in [0, 0.05) is 10.4 Å². The Morgan fingerprint density at radius 2 is 2.06 bits per heavy atom. The van der Waals surface area contributed by atoms with Crippen LogP contribution in [-0.2, 0) is 4.79 Å². The quantitative estimate of drug-likeness (QED) is 0.650. The van der Waals surface area contributed by atoms with Crippen molar-refractivity contribution in [2.24, 2.45) is 10.2 Å². The normalized spacial score (nSPS) is 16.2. The van der Waals surface area contributed by atoms with E-state index < -0.39 is 0 Å². The van der Waals surface area contributed by atoms with Crippen LogP contribution >= 0.6 is 11.3 Å². The van der Waals surface area contributed by atoms with Gasteiger partial charge in [-0.15, -0.1) is 16.4 Å². The highest BCUT2D eigenvalue weighted by Gasteiger charge is 2.25. The number of amides is 1. The number of hydrogen-bond acceptors (Lipinski definition) is 4. The predicted molar refractivity (Wildman–Crippen MR) is 73.5 cm³/mol. The number of carbonyl (C=O) groups is 1. The minimum absolute atomic E-state index is 0.209. The Labute approximate surface area is 108 Å². The molecule has 0 radical (unpaired) electrons. The average molecular weight is 255 g/mol. The topological polar surface area (TPSA) is 53.8 Å². The molecule has 88 valence electrons. The summed E-state index contributed by atoms with van der Waals surface area (Å²) in [6.07, 6.45) is 1.64. The molecule has 4 nitrogen and oxygen atoms in total. The van der Waals surface area contributed by atoms with Crippen molar-refractivity contribution >= 4 is 34.9 Å². The van der Waals surface area contributed by atoms with E-state index >= 15 is 0 Å². The molecule has 1 N–H and O–H groups in total. The van der Waals surface area contributed by atoms with Crippen LogP contribution in [-0.4, -0.2) is 17.8 Å². The number of carbonyl (C=O) groups excluding carboxylic acids is 1. The zero-order chi connectivity index (χ0) is 12.4. The van der Waals surface area contributed by atoms with E-state index in [1.807, 2.05) is 41.8 Å². The number of thiophene rings is 1. The van der Waals surface area contributed by atoms with Gasteiger partial charge in [-0.25, -0.2) is 0 Å². The molecule has 2 heterocycles. The lowest BCUT2D eigenvalue weighted by Crippen LogP contribution is -2.13. The molecule has 2 aromatic rings. The summed E-state index contributed by atoms with van der Waals surface area (Å²) >= 11 is 1.57. The molecule has 18 heavy (non-hydrogen) atoms. The van der Waals surface area contributed by atoms with Crippen LogP contribution in [0.1, 0.15) is 10.4 Å². The lowest BCUT2D eigenvalue weighted by Gasteiger charge is -1.93. The first kappa shape index (κ1) is 10.9. The summed E-state index contributed by atoms with van der Waals surface area (Å²) in [4.78, 5) is 12.7. The third kappa shape index (κ3) is 1.96. The van der Waals surface area contributed by atoms with E-state index in [-0.39, 0.29) is 5.91 Å². The second-order valence-electron chi connectivity index (χ2n) is 3.71. The Morgan fingerprint density at radius 1 is 1.17 bits per heavy atom. The van der Waals surface area contributed by atoms with Gasteiger partial charge in [0.2, 0.25) is 0 Å². The molecule has 1 amide bonds. The highest BCUT2D eigenvalue weighted by molar-refractivity contribution is 7.11. The maximum atomic E-state index is 11.7. The van der Waals surface area contributed by atoms with Gasteiger partial charge in [0.05, 0.1) is 11.9 Å². The summed E-state index contributed by atoms with van der Waals surface area (Å²) in [5.74, 6) is -0.209. The largest absolute Gasteiger partial charge is 0.320 e. The Morgan fingerprint density at radius 3 is 2.89 bits per heavy atom. The van der Waals surface area contributed by atoms with Crippen LogP contribution in [0.3, 0.4) is 0 Å².